The molecule has 0 fully saturated rings. The van der Waals surface area contributed by atoms with Gasteiger partial charge in [-0.3, -0.25) is 0 Å². The van der Waals surface area contributed by atoms with Crippen molar-refractivity contribution >= 4 is 0 Å². The van der Waals surface area contributed by atoms with Crippen LogP contribution in [-0.2, 0) is 6.54 Å². The zero-order chi connectivity index (χ0) is 14.6. The highest BCUT2D eigenvalue weighted by molar-refractivity contribution is 5.27. The number of ether oxygens (including phenoxy) is 1. The lowest BCUT2D eigenvalue weighted by Crippen LogP contribution is -2.25. The molecule has 3 nitrogen and oxygen atoms in total. The van der Waals surface area contributed by atoms with E-state index in [2.05, 4.69) is 55.4 Å². The standard InChI is InChI=1S/C17H30N2O/c1-4-6-12-19(3)13-14-20-17-9-7-16(8-10-17)15-18-11-5-2/h7-10,18H,4-6,11-15H2,1-3H3. The van der Waals surface area contributed by atoms with Crippen LogP contribution in [0.3, 0.4) is 0 Å². The molecule has 0 unspecified atom stereocenters. The van der Waals surface area contributed by atoms with Crippen LogP contribution in [-0.4, -0.2) is 38.2 Å². The second-order valence-corrected chi connectivity index (χ2v) is 5.33. The number of likely N-dealkylation sites (N-methyl/N-ethyl adjacent to an activating group) is 1. The van der Waals surface area contributed by atoms with Crippen molar-refractivity contribution in [2.24, 2.45) is 0 Å². The van der Waals surface area contributed by atoms with Gasteiger partial charge in [0, 0.05) is 13.1 Å². The van der Waals surface area contributed by atoms with Crippen molar-refractivity contribution in [3.63, 3.8) is 0 Å². The van der Waals surface area contributed by atoms with Crippen molar-refractivity contribution in [3.8, 4) is 5.75 Å². The molecule has 0 aliphatic rings. The van der Waals surface area contributed by atoms with Gasteiger partial charge < -0.3 is 15.0 Å². The molecule has 0 saturated heterocycles. The maximum atomic E-state index is 5.78. The molecule has 20 heavy (non-hydrogen) atoms. The quantitative estimate of drug-likeness (QED) is 0.629. The van der Waals surface area contributed by atoms with Gasteiger partial charge in [-0.15, -0.1) is 0 Å². The zero-order valence-corrected chi connectivity index (χ0v) is 13.3. The van der Waals surface area contributed by atoms with Crippen LogP contribution in [0.4, 0.5) is 0 Å². The Balaban J connectivity index is 2.20. The third kappa shape index (κ3) is 7.51. The van der Waals surface area contributed by atoms with E-state index in [1.165, 1.54) is 24.8 Å². The van der Waals surface area contributed by atoms with Gasteiger partial charge in [-0.25, -0.2) is 0 Å². The first-order chi connectivity index (χ1) is 9.76. The minimum atomic E-state index is 0.758. The van der Waals surface area contributed by atoms with Gasteiger partial charge in [0.25, 0.3) is 0 Å². The van der Waals surface area contributed by atoms with E-state index in [0.29, 0.717) is 0 Å². The van der Waals surface area contributed by atoms with Crippen molar-refractivity contribution in [2.75, 3.05) is 33.3 Å². The van der Waals surface area contributed by atoms with E-state index in [1.807, 2.05) is 0 Å². The van der Waals surface area contributed by atoms with Crippen LogP contribution in [0.1, 0.15) is 38.7 Å². The average Bonchev–Trinajstić information content (AvgIpc) is 2.47. The number of benzene rings is 1. The first-order valence-corrected chi connectivity index (χ1v) is 7.87. The summed E-state index contributed by atoms with van der Waals surface area (Å²) in [7, 11) is 2.15. The lowest BCUT2D eigenvalue weighted by Gasteiger charge is -2.16. The lowest BCUT2D eigenvalue weighted by atomic mass is 10.2. The summed E-state index contributed by atoms with van der Waals surface area (Å²) in [4.78, 5) is 2.33. The predicted octanol–water partition coefficient (Wildman–Crippen LogP) is 3.30. The lowest BCUT2D eigenvalue weighted by molar-refractivity contribution is 0.235. The molecule has 114 valence electrons. The second-order valence-electron chi connectivity index (χ2n) is 5.33. The van der Waals surface area contributed by atoms with Gasteiger partial charge in [0.05, 0.1) is 0 Å². The molecule has 0 heterocycles. The Kier molecular flexibility index (Phi) is 9.09. The molecule has 1 aromatic carbocycles. The minimum absolute atomic E-state index is 0.758. The highest BCUT2D eigenvalue weighted by atomic mass is 16.5. The van der Waals surface area contributed by atoms with Gasteiger partial charge in [0.2, 0.25) is 0 Å². The molecule has 0 aromatic heterocycles. The summed E-state index contributed by atoms with van der Waals surface area (Å²) in [6, 6.07) is 8.40. The van der Waals surface area contributed by atoms with Gasteiger partial charge in [-0.1, -0.05) is 32.4 Å². The number of nitrogens with one attached hydrogen (secondary N) is 1. The molecule has 3 heteroatoms. The maximum Gasteiger partial charge on any atom is 0.119 e. The molecule has 1 N–H and O–H groups in total. The molecule has 0 spiro atoms. The third-order valence-corrected chi connectivity index (χ3v) is 3.31. The summed E-state index contributed by atoms with van der Waals surface area (Å²) in [6.07, 6.45) is 3.68. The summed E-state index contributed by atoms with van der Waals surface area (Å²) in [5, 5.41) is 3.40. The van der Waals surface area contributed by atoms with E-state index in [0.717, 1.165) is 38.5 Å². The molecule has 0 amide bonds. The number of rotatable bonds is 11. The van der Waals surface area contributed by atoms with E-state index in [-0.39, 0.29) is 0 Å². The summed E-state index contributed by atoms with van der Waals surface area (Å²) >= 11 is 0. The number of hydrogen-bond donors (Lipinski definition) is 1. The van der Waals surface area contributed by atoms with Crippen LogP contribution >= 0.6 is 0 Å². The van der Waals surface area contributed by atoms with Crippen LogP contribution < -0.4 is 10.1 Å². The minimum Gasteiger partial charge on any atom is -0.492 e. The van der Waals surface area contributed by atoms with E-state index in [1.54, 1.807) is 0 Å². The summed E-state index contributed by atoms with van der Waals surface area (Å²) in [5.41, 5.74) is 1.31. The molecule has 0 bridgehead atoms. The molecule has 0 aliphatic heterocycles. The van der Waals surface area contributed by atoms with Gasteiger partial charge in [-0.2, -0.15) is 0 Å². The van der Waals surface area contributed by atoms with Crippen LogP contribution in [0.2, 0.25) is 0 Å². The topological polar surface area (TPSA) is 24.5 Å². The summed E-state index contributed by atoms with van der Waals surface area (Å²) < 4.78 is 5.78. The average molecular weight is 278 g/mol. The Hall–Kier alpha value is -1.06. The maximum absolute atomic E-state index is 5.78. The number of unbranched alkanes of at least 4 members (excludes halogenated alkanes) is 1. The zero-order valence-electron chi connectivity index (χ0n) is 13.3. The largest absolute Gasteiger partial charge is 0.492 e. The Morgan fingerprint density at radius 3 is 2.45 bits per heavy atom. The molecule has 0 saturated carbocycles. The van der Waals surface area contributed by atoms with Crippen LogP contribution in [0.15, 0.2) is 24.3 Å². The monoisotopic (exact) mass is 278 g/mol. The van der Waals surface area contributed by atoms with Gasteiger partial charge in [0.1, 0.15) is 12.4 Å². The van der Waals surface area contributed by atoms with Crippen molar-refractivity contribution in [2.45, 2.75) is 39.7 Å². The Morgan fingerprint density at radius 2 is 1.80 bits per heavy atom. The summed E-state index contributed by atoms with van der Waals surface area (Å²) in [6.45, 7) is 9.31. The second kappa shape index (κ2) is 10.7. The molecule has 1 aromatic rings. The van der Waals surface area contributed by atoms with Crippen molar-refractivity contribution in [1.82, 2.24) is 10.2 Å². The molecule has 0 aliphatic carbocycles. The SMILES string of the molecule is CCCCN(C)CCOc1ccc(CNCCC)cc1. The Morgan fingerprint density at radius 1 is 1.05 bits per heavy atom. The molecule has 0 atom stereocenters. The van der Waals surface area contributed by atoms with Crippen molar-refractivity contribution in [3.05, 3.63) is 29.8 Å². The molecular weight excluding hydrogens is 248 g/mol. The van der Waals surface area contributed by atoms with E-state index in [9.17, 15) is 0 Å². The Bertz CT molecular complexity index is 337. The first kappa shape index (κ1) is 17.0. The number of nitrogens with zero attached hydrogens (tertiary/aromatic N) is 1. The smallest absolute Gasteiger partial charge is 0.119 e. The van der Waals surface area contributed by atoms with Gasteiger partial charge in [0.15, 0.2) is 0 Å². The van der Waals surface area contributed by atoms with E-state index in [4.69, 9.17) is 4.74 Å². The molecule has 0 radical (unpaired) electrons. The van der Waals surface area contributed by atoms with Gasteiger partial charge >= 0.3 is 0 Å². The van der Waals surface area contributed by atoms with E-state index >= 15 is 0 Å². The predicted molar refractivity (Wildman–Crippen MR) is 86.3 cm³/mol. The molecular formula is C17H30N2O. The molecule has 1 rings (SSSR count). The van der Waals surface area contributed by atoms with Crippen molar-refractivity contribution < 1.29 is 4.74 Å². The first-order valence-electron chi connectivity index (χ1n) is 7.87. The van der Waals surface area contributed by atoms with Crippen LogP contribution in [0, 0.1) is 0 Å². The third-order valence-electron chi connectivity index (χ3n) is 3.31. The fourth-order valence-electron chi connectivity index (χ4n) is 1.97. The normalized spacial score (nSPS) is 11.0. The Labute approximate surface area is 124 Å². The fraction of sp³-hybridized carbons (Fsp3) is 0.647. The highest BCUT2D eigenvalue weighted by Crippen LogP contribution is 2.12. The summed E-state index contributed by atoms with van der Waals surface area (Å²) in [5.74, 6) is 0.966. The van der Waals surface area contributed by atoms with Crippen LogP contribution in [0.5, 0.6) is 5.75 Å². The highest BCUT2D eigenvalue weighted by Gasteiger charge is 1.99. The number of hydrogen-bond acceptors (Lipinski definition) is 3. The van der Waals surface area contributed by atoms with Crippen LogP contribution in [0.25, 0.3) is 0 Å². The fourth-order valence-corrected chi connectivity index (χ4v) is 1.97. The van der Waals surface area contributed by atoms with E-state index < -0.39 is 0 Å². The van der Waals surface area contributed by atoms with Crippen molar-refractivity contribution in [1.29, 1.82) is 0 Å². The van der Waals surface area contributed by atoms with Gasteiger partial charge in [-0.05, 0) is 50.7 Å².